The SMILES string of the molecule is CCN(CCCCS(=O)(=O)O)C1CCCC(N=COC)C1. The summed E-state index contributed by atoms with van der Waals surface area (Å²) < 4.78 is 35.0. The molecule has 1 fully saturated rings. The van der Waals surface area contributed by atoms with Crippen LogP contribution in [0.5, 0.6) is 0 Å². The lowest BCUT2D eigenvalue weighted by Gasteiger charge is -2.35. The molecule has 0 bridgehead atoms. The van der Waals surface area contributed by atoms with Crippen LogP contribution in [-0.2, 0) is 14.9 Å². The van der Waals surface area contributed by atoms with Crippen LogP contribution in [0.3, 0.4) is 0 Å². The molecule has 7 heteroatoms. The molecule has 21 heavy (non-hydrogen) atoms. The van der Waals surface area contributed by atoms with Gasteiger partial charge in [-0.15, -0.1) is 0 Å². The second kappa shape index (κ2) is 9.38. The number of unbranched alkanes of at least 4 members (excludes halogenated alkanes) is 1. The van der Waals surface area contributed by atoms with Gasteiger partial charge in [0.05, 0.1) is 18.9 Å². The molecule has 0 amide bonds. The second-order valence-electron chi connectivity index (χ2n) is 5.59. The zero-order valence-corrected chi connectivity index (χ0v) is 13.9. The molecule has 1 aliphatic carbocycles. The minimum absolute atomic E-state index is 0.143. The van der Waals surface area contributed by atoms with Gasteiger partial charge in [0.1, 0.15) is 0 Å². The van der Waals surface area contributed by atoms with Gasteiger partial charge in [-0.25, -0.2) is 0 Å². The molecule has 2 atom stereocenters. The highest BCUT2D eigenvalue weighted by atomic mass is 32.2. The minimum Gasteiger partial charge on any atom is -0.487 e. The fourth-order valence-electron chi connectivity index (χ4n) is 2.95. The second-order valence-corrected chi connectivity index (χ2v) is 7.16. The lowest BCUT2D eigenvalue weighted by Crippen LogP contribution is -2.40. The number of hydrogen-bond donors (Lipinski definition) is 1. The van der Waals surface area contributed by atoms with Gasteiger partial charge in [0.2, 0.25) is 0 Å². The molecule has 0 radical (unpaired) electrons. The molecule has 124 valence electrons. The summed E-state index contributed by atoms with van der Waals surface area (Å²) in [5, 5.41) is 0. The van der Waals surface area contributed by atoms with Crippen LogP contribution in [0.15, 0.2) is 4.99 Å². The Morgan fingerprint density at radius 2 is 2.14 bits per heavy atom. The van der Waals surface area contributed by atoms with Crippen LogP contribution in [0.4, 0.5) is 0 Å². The Balaban J connectivity index is 2.38. The Kier molecular flexibility index (Phi) is 8.21. The molecule has 0 aromatic carbocycles. The standard InChI is InChI=1S/C14H28N2O4S/c1-3-16(9-4-5-10-21(17,18)19)14-8-6-7-13(11-14)15-12-20-2/h12-14H,3-11H2,1-2H3,(H,17,18,19). The van der Waals surface area contributed by atoms with Crippen molar-refractivity contribution in [2.24, 2.45) is 4.99 Å². The number of hydrogen-bond acceptors (Lipinski definition) is 5. The molecule has 0 aliphatic heterocycles. The van der Waals surface area contributed by atoms with Gasteiger partial charge in [0.25, 0.3) is 10.1 Å². The van der Waals surface area contributed by atoms with E-state index in [9.17, 15) is 8.42 Å². The van der Waals surface area contributed by atoms with Crippen molar-refractivity contribution in [1.82, 2.24) is 4.90 Å². The molecule has 1 N–H and O–H groups in total. The molecule has 1 aliphatic rings. The highest BCUT2D eigenvalue weighted by Crippen LogP contribution is 2.25. The lowest BCUT2D eigenvalue weighted by atomic mass is 9.90. The smallest absolute Gasteiger partial charge is 0.264 e. The van der Waals surface area contributed by atoms with E-state index in [-0.39, 0.29) is 5.75 Å². The Morgan fingerprint density at radius 3 is 2.76 bits per heavy atom. The molecule has 0 aromatic heterocycles. The zero-order valence-electron chi connectivity index (χ0n) is 13.1. The first-order valence-electron chi connectivity index (χ1n) is 7.70. The lowest BCUT2D eigenvalue weighted by molar-refractivity contribution is 0.152. The van der Waals surface area contributed by atoms with Crippen LogP contribution in [0.2, 0.25) is 0 Å². The summed E-state index contributed by atoms with van der Waals surface area (Å²) in [6, 6.07) is 0.837. The van der Waals surface area contributed by atoms with E-state index >= 15 is 0 Å². The summed E-state index contributed by atoms with van der Waals surface area (Å²) in [7, 11) is -2.22. The van der Waals surface area contributed by atoms with E-state index in [1.165, 1.54) is 12.8 Å². The number of methoxy groups -OCH3 is 1. The van der Waals surface area contributed by atoms with Crippen LogP contribution in [0, 0.1) is 0 Å². The van der Waals surface area contributed by atoms with Crippen molar-refractivity contribution in [2.75, 3.05) is 26.0 Å². The maximum atomic E-state index is 10.7. The van der Waals surface area contributed by atoms with Crippen molar-refractivity contribution in [2.45, 2.75) is 57.5 Å². The molecule has 1 saturated carbocycles. The predicted octanol–water partition coefficient (Wildman–Crippen LogP) is 1.96. The largest absolute Gasteiger partial charge is 0.487 e. The fourth-order valence-corrected chi connectivity index (χ4v) is 3.52. The van der Waals surface area contributed by atoms with Crippen molar-refractivity contribution >= 4 is 16.5 Å². The van der Waals surface area contributed by atoms with Crippen molar-refractivity contribution < 1.29 is 17.7 Å². The minimum atomic E-state index is -3.82. The van der Waals surface area contributed by atoms with Crippen LogP contribution in [-0.4, -0.2) is 62.3 Å². The van der Waals surface area contributed by atoms with Crippen LogP contribution < -0.4 is 0 Å². The summed E-state index contributed by atoms with van der Waals surface area (Å²) in [4.78, 5) is 6.81. The normalized spacial score (nSPS) is 23.8. The van der Waals surface area contributed by atoms with Crippen LogP contribution >= 0.6 is 0 Å². The van der Waals surface area contributed by atoms with Gasteiger partial charge in [-0.05, 0) is 51.6 Å². The monoisotopic (exact) mass is 320 g/mol. The molecular formula is C14H28N2O4S. The van der Waals surface area contributed by atoms with Crippen molar-refractivity contribution in [3.63, 3.8) is 0 Å². The van der Waals surface area contributed by atoms with E-state index in [4.69, 9.17) is 9.29 Å². The molecule has 2 unspecified atom stereocenters. The Hall–Kier alpha value is -0.660. The first kappa shape index (κ1) is 18.4. The highest BCUT2D eigenvalue weighted by Gasteiger charge is 2.25. The number of ether oxygens (including phenoxy) is 1. The average Bonchev–Trinajstić information content (AvgIpc) is 2.44. The molecule has 0 spiro atoms. The molecular weight excluding hydrogens is 292 g/mol. The first-order chi connectivity index (χ1) is 9.96. The Labute approximate surface area is 128 Å². The van der Waals surface area contributed by atoms with Gasteiger partial charge in [-0.1, -0.05) is 6.92 Å². The van der Waals surface area contributed by atoms with Gasteiger partial charge in [0, 0.05) is 6.04 Å². The van der Waals surface area contributed by atoms with Crippen molar-refractivity contribution in [1.29, 1.82) is 0 Å². The number of rotatable bonds is 9. The van der Waals surface area contributed by atoms with Gasteiger partial charge in [0.15, 0.2) is 6.40 Å². The summed E-state index contributed by atoms with van der Waals surface area (Å²) in [5.41, 5.74) is 0. The van der Waals surface area contributed by atoms with Crippen molar-refractivity contribution in [3.05, 3.63) is 0 Å². The Morgan fingerprint density at radius 1 is 1.38 bits per heavy atom. The summed E-state index contributed by atoms with van der Waals surface area (Å²) in [6.07, 6.45) is 7.30. The molecule has 0 saturated heterocycles. The van der Waals surface area contributed by atoms with E-state index in [0.717, 1.165) is 38.8 Å². The van der Waals surface area contributed by atoms with E-state index in [2.05, 4.69) is 16.8 Å². The molecule has 1 rings (SSSR count). The molecule has 0 aromatic rings. The van der Waals surface area contributed by atoms with Gasteiger partial charge in [-0.3, -0.25) is 9.55 Å². The third kappa shape index (κ3) is 7.78. The molecule has 6 nitrogen and oxygen atoms in total. The topological polar surface area (TPSA) is 79.2 Å². The molecule has 0 heterocycles. The van der Waals surface area contributed by atoms with E-state index < -0.39 is 10.1 Å². The maximum Gasteiger partial charge on any atom is 0.264 e. The van der Waals surface area contributed by atoms with E-state index in [0.29, 0.717) is 18.5 Å². The number of nitrogens with zero attached hydrogens (tertiary/aromatic N) is 2. The van der Waals surface area contributed by atoms with E-state index in [1.54, 1.807) is 7.11 Å². The van der Waals surface area contributed by atoms with Gasteiger partial charge in [-0.2, -0.15) is 8.42 Å². The third-order valence-electron chi connectivity index (χ3n) is 4.02. The highest BCUT2D eigenvalue weighted by molar-refractivity contribution is 7.85. The summed E-state index contributed by atoms with van der Waals surface area (Å²) in [5.74, 6) is -0.143. The van der Waals surface area contributed by atoms with Crippen LogP contribution in [0.25, 0.3) is 0 Å². The van der Waals surface area contributed by atoms with Crippen molar-refractivity contribution in [3.8, 4) is 0 Å². The van der Waals surface area contributed by atoms with Gasteiger partial charge < -0.3 is 9.64 Å². The predicted molar refractivity (Wildman–Crippen MR) is 84.4 cm³/mol. The quantitative estimate of drug-likeness (QED) is 0.304. The summed E-state index contributed by atoms with van der Waals surface area (Å²) in [6.45, 7) is 3.96. The fraction of sp³-hybridized carbons (Fsp3) is 0.929. The van der Waals surface area contributed by atoms with Gasteiger partial charge >= 0.3 is 0 Å². The average molecular weight is 320 g/mol. The Bertz CT molecular complexity index is 411. The maximum absolute atomic E-state index is 10.7. The third-order valence-corrected chi connectivity index (χ3v) is 4.82. The van der Waals surface area contributed by atoms with Crippen LogP contribution in [0.1, 0.15) is 45.4 Å². The first-order valence-corrected chi connectivity index (χ1v) is 9.30. The van der Waals surface area contributed by atoms with E-state index in [1.807, 2.05) is 0 Å². The summed E-state index contributed by atoms with van der Waals surface area (Å²) >= 11 is 0. The zero-order chi connectivity index (χ0) is 15.7. The number of aliphatic imine (C=N–C) groups is 1.